The number of amides is 1. The van der Waals surface area contributed by atoms with Crippen molar-refractivity contribution in [3.8, 4) is 5.75 Å². The number of carbonyl (C=O) groups excluding carboxylic acids is 1. The molecule has 0 aliphatic heterocycles. The van der Waals surface area contributed by atoms with Gasteiger partial charge in [0.05, 0.1) is 6.04 Å². The summed E-state index contributed by atoms with van der Waals surface area (Å²) in [6.45, 7) is 0.574. The Kier molecular flexibility index (Phi) is 6.42. The Morgan fingerprint density at radius 2 is 2.23 bits per heavy atom. The van der Waals surface area contributed by atoms with E-state index in [0.29, 0.717) is 12.3 Å². The molecule has 1 aromatic carbocycles. The van der Waals surface area contributed by atoms with Gasteiger partial charge in [0.2, 0.25) is 0 Å². The molecule has 1 aromatic heterocycles. The van der Waals surface area contributed by atoms with Gasteiger partial charge in [-0.2, -0.15) is 11.3 Å². The van der Waals surface area contributed by atoms with E-state index in [1.807, 2.05) is 43.7 Å². The van der Waals surface area contributed by atoms with Crippen molar-refractivity contribution < 1.29 is 9.53 Å². The summed E-state index contributed by atoms with van der Waals surface area (Å²) in [5, 5.41) is 7.08. The van der Waals surface area contributed by atoms with Crippen molar-refractivity contribution >= 4 is 33.2 Å². The third-order valence-corrected chi connectivity index (χ3v) is 4.40. The van der Waals surface area contributed by atoms with Gasteiger partial charge in [-0.15, -0.1) is 0 Å². The predicted octanol–water partition coefficient (Wildman–Crippen LogP) is 3.31. The number of ether oxygens (including phenoxy) is 1. The standard InChI is InChI=1S/C16H19BrN2O2S/c1-19(2)15(12-6-7-22-11-12)9-18-16(20)10-21-14-5-3-4-13(17)8-14/h3-8,11,15H,9-10H2,1-2H3,(H,18,20). The summed E-state index contributed by atoms with van der Waals surface area (Å²) >= 11 is 5.03. The Bertz CT molecular complexity index is 602. The SMILES string of the molecule is CN(C)C(CNC(=O)COc1cccc(Br)c1)c1ccsc1. The molecule has 1 atom stereocenters. The summed E-state index contributed by atoms with van der Waals surface area (Å²) in [5.74, 6) is 0.550. The van der Waals surface area contributed by atoms with E-state index in [0.717, 1.165) is 4.47 Å². The van der Waals surface area contributed by atoms with Gasteiger partial charge in [0.15, 0.2) is 6.61 Å². The molecule has 1 unspecified atom stereocenters. The van der Waals surface area contributed by atoms with Crippen LogP contribution < -0.4 is 10.1 Å². The molecule has 0 bridgehead atoms. The molecule has 1 amide bonds. The van der Waals surface area contributed by atoms with Crippen LogP contribution in [0.15, 0.2) is 45.6 Å². The maximum atomic E-state index is 11.9. The molecule has 0 aliphatic carbocycles. The Balaban J connectivity index is 1.81. The maximum Gasteiger partial charge on any atom is 0.258 e. The van der Waals surface area contributed by atoms with Gasteiger partial charge in [0.1, 0.15) is 5.75 Å². The molecule has 1 heterocycles. The number of benzene rings is 1. The van der Waals surface area contributed by atoms with E-state index in [2.05, 4.69) is 37.6 Å². The van der Waals surface area contributed by atoms with Gasteiger partial charge in [-0.1, -0.05) is 22.0 Å². The van der Waals surface area contributed by atoms with Crippen LogP contribution in [0.1, 0.15) is 11.6 Å². The fourth-order valence-corrected chi connectivity index (χ4v) is 3.12. The highest BCUT2D eigenvalue weighted by Crippen LogP contribution is 2.20. The van der Waals surface area contributed by atoms with Crippen LogP contribution in [0.3, 0.4) is 0 Å². The van der Waals surface area contributed by atoms with Crippen molar-refractivity contribution in [2.24, 2.45) is 0 Å². The van der Waals surface area contributed by atoms with E-state index in [4.69, 9.17) is 4.74 Å². The smallest absolute Gasteiger partial charge is 0.258 e. The van der Waals surface area contributed by atoms with Crippen LogP contribution in [0.5, 0.6) is 5.75 Å². The molecule has 0 saturated carbocycles. The fraction of sp³-hybridized carbons (Fsp3) is 0.312. The Hall–Kier alpha value is -1.37. The highest BCUT2D eigenvalue weighted by molar-refractivity contribution is 9.10. The van der Waals surface area contributed by atoms with Crippen LogP contribution >= 0.6 is 27.3 Å². The van der Waals surface area contributed by atoms with Crippen LogP contribution in [0.4, 0.5) is 0 Å². The largest absolute Gasteiger partial charge is 0.484 e. The zero-order valence-electron chi connectivity index (χ0n) is 12.6. The molecular weight excluding hydrogens is 364 g/mol. The molecule has 0 saturated heterocycles. The first-order chi connectivity index (χ1) is 10.6. The summed E-state index contributed by atoms with van der Waals surface area (Å²) in [4.78, 5) is 14.0. The molecule has 0 spiro atoms. The van der Waals surface area contributed by atoms with Crippen molar-refractivity contribution in [1.82, 2.24) is 10.2 Å². The number of halogens is 1. The van der Waals surface area contributed by atoms with Gasteiger partial charge in [-0.25, -0.2) is 0 Å². The lowest BCUT2D eigenvalue weighted by Crippen LogP contribution is -2.36. The minimum Gasteiger partial charge on any atom is -0.484 e. The van der Waals surface area contributed by atoms with Crippen LogP contribution in [-0.2, 0) is 4.79 Å². The van der Waals surface area contributed by atoms with Gasteiger partial charge < -0.3 is 15.0 Å². The number of nitrogens with zero attached hydrogens (tertiary/aromatic N) is 1. The Morgan fingerprint density at radius 3 is 2.86 bits per heavy atom. The summed E-state index contributed by atoms with van der Waals surface area (Å²) < 4.78 is 6.40. The number of nitrogens with one attached hydrogen (secondary N) is 1. The van der Waals surface area contributed by atoms with Crippen LogP contribution in [0.25, 0.3) is 0 Å². The summed E-state index contributed by atoms with van der Waals surface area (Å²) in [7, 11) is 4.01. The maximum absolute atomic E-state index is 11.9. The second-order valence-corrected chi connectivity index (χ2v) is 6.78. The summed E-state index contributed by atoms with van der Waals surface area (Å²) in [6.07, 6.45) is 0. The van der Waals surface area contributed by atoms with E-state index >= 15 is 0 Å². The zero-order valence-corrected chi connectivity index (χ0v) is 15.0. The molecular formula is C16H19BrN2O2S. The van der Waals surface area contributed by atoms with Crippen molar-refractivity contribution in [2.45, 2.75) is 6.04 Å². The molecule has 118 valence electrons. The molecule has 2 aromatic rings. The van der Waals surface area contributed by atoms with E-state index in [9.17, 15) is 4.79 Å². The third-order valence-electron chi connectivity index (χ3n) is 3.21. The second-order valence-electron chi connectivity index (χ2n) is 5.09. The Labute approximate surface area is 143 Å². The molecule has 4 nitrogen and oxygen atoms in total. The molecule has 22 heavy (non-hydrogen) atoms. The zero-order chi connectivity index (χ0) is 15.9. The summed E-state index contributed by atoms with van der Waals surface area (Å²) in [6, 6.07) is 9.69. The first-order valence-electron chi connectivity index (χ1n) is 6.90. The highest BCUT2D eigenvalue weighted by Gasteiger charge is 2.15. The number of hydrogen-bond donors (Lipinski definition) is 1. The second kappa shape index (κ2) is 8.31. The fourth-order valence-electron chi connectivity index (χ4n) is 2.03. The lowest BCUT2D eigenvalue weighted by atomic mass is 10.1. The highest BCUT2D eigenvalue weighted by atomic mass is 79.9. The van der Waals surface area contributed by atoms with E-state index in [1.165, 1.54) is 5.56 Å². The Morgan fingerprint density at radius 1 is 1.41 bits per heavy atom. The minimum absolute atomic E-state index is 0.0141. The van der Waals surface area contributed by atoms with Gasteiger partial charge in [0, 0.05) is 11.0 Å². The van der Waals surface area contributed by atoms with Gasteiger partial charge >= 0.3 is 0 Å². The minimum atomic E-state index is -0.123. The summed E-state index contributed by atoms with van der Waals surface area (Å²) in [5.41, 5.74) is 1.21. The van der Waals surface area contributed by atoms with Crippen LogP contribution in [0.2, 0.25) is 0 Å². The van der Waals surface area contributed by atoms with Crippen LogP contribution in [0, 0.1) is 0 Å². The van der Waals surface area contributed by atoms with Gasteiger partial charge in [-0.3, -0.25) is 4.79 Å². The van der Waals surface area contributed by atoms with Crippen molar-refractivity contribution in [2.75, 3.05) is 27.2 Å². The lowest BCUT2D eigenvalue weighted by Gasteiger charge is -2.24. The van der Waals surface area contributed by atoms with Crippen LogP contribution in [-0.4, -0.2) is 38.1 Å². The van der Waals surface area contributed by atoms with E-state index in [-0.39, 0.29) is 18.6 Å². The van der Waals surface area contributed by atoms with Gasteiger partial charge in [0.25, 0.3) is 5.91 Å². The molecule has 1 N–H and O–H groups in total. The predicted molar refractivity (Wildman–Crippen MR) is 93.4 cm³/mol. The van der Waals surface area contributed by atoms with E-state index in [1.54, 1.807) is 11.3 Å². The monoisotopic (exact) mass is 382 g/mol. The van der Waals surface area contributed by atoms with Crippen molar-refractivity contribution in [1.29, 1.82) is 0 Å². The van der Waals surface area contributed by atoms with Crippen molar-refractivity contribution in [3.63, 3.8) is 0 Å². The number of hydrogen-bond acceptors (Lipinski definition) is 4. The molecule has 6 heteroatoms. The molecule has 0 radical (unpaired) electrons. The average molecular weight is 383 g/mol. The quantitative estimate of drug-likeness (QED) is 0.798. The van der Waals surface area contributed by atoms with Crippen molar-refractivity contribution in [3.05, 3.63) is 51.1 Å². The number of thiophene rings is 1. The average Bonchev–Trinajstić information content (AvgIpc) is 2.99. The molecule has 0 fully saturated rings. The number of rotatable bonds is 7. The topological polar surface area (TPSA) is 41.6 Å². The molecule has 0 aliphatic rings. The normalized spacial score (nSPS) is 12.2. The number of likely N-dealkylation sites (N-methyl/N-ethyl adjacent to an activating group) is 1. The molecule has 2 rings (SSSR count). The van der Waals surface area contributed by atoms with Gasteiger partial charge in [-0.05, 0) is 54.7 Å². The number of carbonyl (C=O) groups is 1. The lowest BCUT2D eigenvalue weighted by molar-refractivity contribution is -0.123. The first-order valence-corrected chi connectivity index (χ1v) is 8.63. The third kappa shape index (κ3) is 5.12. The first kappa shape index (κ1) is 17.0. The van der Waals surface area contributed by atoms with E-state index < -0.39 is 0 Å².